The number of hydrazone groups is 1. The lowest BCUT2D eigenvalue weighted by molar-refractivity contribution is -0.274. The molecule has 3 aromatic rings. The highest BCUT2D eigenvalue weighted by Gasteiger charge is 2.31. The number of amides is 1. The molecule has 0 bridgehead atoms. The molecule has 0 aliphatic rings. The Morgan fingerprint density at radius 1 is 1.26 bits per heavy atom. The molecule has 15 heteroatoms. The maximum atomic E-state index is 12.2. The first-order valence-corrected chi connectivity index (χ1v) is 10.3. The highest BCUT2D eigenvalue weighted by molar-refractivity contribution is 7.99. The fourth-order valence-electron chi connectivity index (χ4n) is 2.47. The van der Waals surface area contributed by atoms with Crippen LogP contribution in [0.3, 0.4) is 0 Å². The lowest BCUT2D eigenvalue weighted by Crippen LogP contribution is -2.18. The number of benzene rings is 2. The molecule has 11 nitrogen and oxygen atoms in total. The van der Waals surface area contributed by atoms with Crippen molar-refractivity contribution in [3.63, 3.8) is 0 Å². The van der Waals surface area contributed by atoms with Crippen molar-refractivity contribution in [3.05, 3.63) is 48.0 Å². The number of nitrogen functional groups attached to an aromatic ring is 1. The van der Waals surface area contributed by atoms with E-state index in [0.29, 0.717) is 11.3 Å². The standard InChI is InChI=1S/C19H18F3N7O4S/c1-32-15-7-2-11(8-14(15)30)9-24-26-17-27-28-18(29(17)23)34-10-16(31)25-12-3-5-13(6-4-12)33-19(20,21)22/h2-9,30H,10,23H2,1H3,(H,25,31)(H,26,27)/b24-9+. The van der Waals surface area contributed by atoms with Gasteiger partial charge in [-0.05, 0) is 48.0 Å². The van der Waals surface area contributed by atoms with E-state index in [1.807, 2.05) is 0 Å². The van der Waals surface area contributed by atoms with Crippen molar-refractivity contribution in [2.45, 2.75) is 11.5 Å². The third-order valence-corrected chi connectivity index (χ3v) is 4.89. The summed E-state index contributed by atoms with van der Waals surface area (Å²) in [5.74, 6) is 5.33. The van der Waals surface area contributed by atoms with E-state index in [2.05, 4.69) is 30.8 Å². The largest absolute Gasteiger partial charge is 0.573 e. The molecule has 0 atom stereocenters. The molecule has 1 amide bonds. The molecular formula is C19H18F3N7O4S. The fourth-order valence-corrected chi connectivity index (χ4v) is 3.13. The van der Waals surface area contributed by atoms with Crippen molar-refractivity contribution in [1.29, 1.82) is 0 Å². The van der Waals surface area contributed by atoms with E-state index < -0.39 is 18.0 Å². The predicted octanol–water partition coefficient (Wildman–Crippen LogP) is 2.78. The monoisotopic (exact) mass is 497 g/mol. The number of aromatic nitrogens is 3. The van der Waals surface area contributed by atoms with Crippen LogP contribution in [0.1, 0.15) is 5.56 Å². The van der Waals surface area contributed by atoms with Gasteiger partial charge >= 0.3 is 6.36 Å². The van der Waals surface area contributed by atoms with Crippen LogP contribution in [0, 0.1) is 0 Å². The first kappa shape index (κ1) is 24.5. The number of hydrogen-bond donors (Lipinski definition) is 4. The van der Waals surface area contributed by atoms with Crippen molar-refractivity contribution < 1.29 is 32.5 Å². The molecule has 0 radical (unpaired) electrons. The smallest absolute Gasteiger partial charge is 0.504 e. The van der Waals surface area contributed by atoms with Gasteiger partial charge in [-0.25, -0.2) is 10.1 Å². The molecule has 0 aliphatic carbocycles. The number of thioether (sulfide) groups is 1. The van der Waals surface area contributed by atoms with Crippen molar-refractivity contribution in [1.82, 2.24) is 14.9 Å². The van der Waals surface area contributed by atoms with Gasteiger partial charge in [0.25, 0.3) is 5.95 Å². The molecule has 0 saturated heterocycles. The number of phenols is 1. The first-order chi connectivity index (χ1) is 16.1. The number of carbonyl (C=O) groups excluding carboxylic acids is 1. The second kappa shape index (κ2) is 10.7. The van der Waals surface area contributed by atoms with Crippen LogP contribution in [0.4, 0.5) is 24.8 Å². The highest BCUT2D eigenvalue weighted by Crippen LogP contribution is 2.26. The summed E-state index contributed by atoms with van der Waals surface area (Å²) in [6, 6.07) is 9.42. The molecule has 0 unspecified atom stereocenters. The Labute approximate surface area is 194 Å². The number of phenolic OH excluding ortho intramolecular Hbond substituents is 1. The van der Waals surface area contributed by atoms with Gasteiger partial charge in [-0.2, -0.15) is 5.10 Å². The minimum atomic E-state index is -4.79. The minimum Gasteiger partial charge on any atom is -0.504 e. The Morgan fingerprint density at radius 3 is 2.65 bits per heavy atom. The highest BCUT2D eigenvalue weighted by atomic mass is 32.2. The molecule has 0 aliphatic heterocycles. The zero-order valence-corrected chi connectivity index (χ0v) is 18.2. The van der Waals surface area contributed by atoms with Crippen LogP contribution in [-0.2, 0) is 4.79 Å². The predicted molar refractivity (Wildman–Crippen MR) is 119 cm³/mol. The van der Waals surface area contributed by atoms with Crippen LogP contribution in [0.5, 0.6) is 17.2 Å². The van der Waals surface area contributed by atoms with Gasteiger partial charge in [0, 0.05) is 5.69 Å². The summed E-state index contributed by atoms with van der Waals surface area (Å²) in [6.45, 7) is 0. The van der Waals surface area contributed by atoms with Gasteiger partial charge in [0.05, 0.1) is 19.1 Å². The van der Waals surface area contributed by atoms with E-state index >= 15 is 0 Å². The summed E-state index contributed by atoms with van der Waals surface area (Å²) in [5, 5.41) is 24.2. The normalized spacial score (nSPS) is 11.4. The Hall–Kier alpha value is -4.14. The summed E-state index contributed by atoms with van der Waals surface area (Å²) in [5.41, 5.74) is 3.46. The van der Waals surface area contributed by atoms with Crippen molar-refractivity contribution in [3.8, 4) is 17.2 Å². The number of aromatic hydroxyl groups is 1. The van der Waals surface area contributed by atoms with Gasteiger partial charge in [-0.15, -0.1) is 23.4 Å². The van der Waals surface area contributed by atoms with E-state index in [1.165, 1.54) is 31.5 Å². The average molecular weight is 497 g/mol. The fraction of sp³-hybridized carbons (Fsp3) is 0.158. The quantitative estimate of drug-likeness (QED) is 0.152. The van der Waals surface area contributed by atoms with Crippen molar-refractivity contribution >= 4 is 35.5 Å². The lowest BCUT2D eigenvalue weighted by atomic mass is 10.2. The lowest BCUT2D eigenvalue weighted by Gasteiger charge is -2.09. The number of rotatable bonds is 9. The topological polar surface area (TPSA) is 149 Å². The molecule has 34 heavy (non-hydrogen) atoms. The number of hydrogen-bond acceptors (Lipinski definition) is 10. The van der Waals surface area contributed by atoms with Crippen LogP contribution in [0.25, 0.3) is 0 Å². The average Bonchev–Trinajstić information content (AvgIpc) is 3.12. The van der Waals surface area contributed by atoms with E-state index in [-0.39, 0.29) is 28.3 Å². The van der Waals surface area contributed by atoms with Crippen LogP contribution < -0.4 is 26.1 Å². The molecule has 0 saturated carbocycles. The second-order valence-corrected chi connectivity index (χ2v) is 7.33. The number of ether oxygens (including phenoxy) is 2. The van der Waals surface area contributed by atoms with Crippen LogP contribution >= 0.6 is 11.8 Å². The maximum absolute atomic E-state index is 12.2. The molecule has 5 N–H and O–H groups in total. The third-order valence-electron chi connectivity index (χ3n) is 3.95. The molecule has 0 fully saturated rings. The van der Waals surface area contributed by atoms with E-state index in [4.69, 9.17) is 10.6 Å². The summed E-state index contributed by atoms with van der Waals surface area (Å²) < 4.78 is 46.4. The zero-order valence-electron chi connectivity index (χ0n) is 17.4. The molecule has 1 aromatic heterocycles. The number of halogens is 3. The first-order valence-electron chi connectivity index (χ1n) is 9.29. The Bertz CT molecular complexity index is 1170. The molecule has 2 aromatic carbocycles. The third kappa shape index (κ3) is 6.93. The molecule has 0 spiro atoms. The minimum absolute atomic E-state index is 0.0454. The van der Waals surface area contributed by atoms with Gasteiger partial charge in [-0.3, -0.25) is 4.79 Å². The Morgan fingerprint density at radius 2 is 2.00 bits per heavy atom. The van der Waals surface area contributed by atoms with Crippen LogP contribution in [-0.4, -0.2) is 51.3 Å². The summed E-state index contributed by atoms with van der Waals surface area (Å²) >= 11 is 0.982. The van der Waals surface area contributed by atoms with Crippen molar-refractivity contribution in [2.75, 3.05) is 29.4 Å². The number of carbonyl (C=O) groups is 1. The number of methoxy groups -OCH3 is 1. The van der Waals surface area contributed by atoms with Crippen LogP contribution in [0.15, 0.2) is 52.7 Å². The number of nitrogens with one attached hydrogen (secondary N) is 2. The molecule has 3 rings (SSSR count). The van der Waals surface area contributed by atoms with E-state index in [1.54, 1.807) is 12.1 Å². The Kier molecular flexibility index (Phi) is 7.68. The number of nitrogens with two attached hydrogens (primary N) is 1. The summed E-state index contributed by atoms with van der Waals surface area (Å²) in [7, 11) is 1.44. The maximum Gasteiger partial charge on any atom is 0.573 e. The van der Waals surface area contributed by atoms with Gasteiger partial charge in [-0.1, -0.05) is 11.8 Å². The van der Waals surface area contributed by atoms with Gasteiger partial charge in [0.2, 0.25) is 11.1 Å². The summed E-state index contributed by atoms with van der Waals surface area (Å²) in [4.78, 5) is 12.1. The van der Waals surface area contributed by atoms with Gasteiger partial charge in [0.1, 0.15) is 5.75 Å². The zero-order chi connectivity index (χ0) is 24.7. The van der Waals surface area contributed by atoms with Crippen LogP contribution in [0.2, 0.25) is 0 Å². The van der Waals surface area contributed by atoms with Gasteiger partial charge < -0.3 is 25.7 Å². The SMILES string of the molecule is COc1ccc(/C=N/Nc2nnc(SCC(=O)Nc3ccc(OC(F)(F)F)cc3)n2N)cc1O. The van der Waals surface area contributed by atoms with E-state index in [0.717, 1.165) is 28.6 Å². The molecule has 1 heterocycles. The number of anilines is 2. The second-order valence-electron chi connectivity index (χ2n) is 6.39. The molecule has 180 valence electrons. The number of alkyl halides is 3. The number of nitrogens with zero attached hydrogens (tertiary/aromatic N) is 4. The van der Waals surface area contributed by atoms with E-state index in [9.17, 15) is 23.1 Å². The summed E-state index contributed by atoms with van der Waals surface area (Å²) in [6.07, 6.45) is -3.38. The molecular weight excluding hydrogens is 479 g/mol. The van der Waals surface area contributed by atoms with Gasteiger partial charge in [0.15, 0.2) is 11.5 Å². The Balaban J connectivity index is 1.50. The van der Waals surface area contributed by atoms with Crippen molar-refractivity contribution in [2.24, 2.45) is 5.10 Å².